The Kier molecular flexibility index (Phi) is 4.53. The largest absolute Gasteiger partial charge is 0.462 e. The molecule has 0 saturated heterocycles. The number of thiophene rings is 1. The molecule has 1 heterocycles. The van der Waals surface area contributed by atoms with E-state index in [0.29, 0.717) is 22.7 Å². The topological polar surface area (TPSA) is 55.4 Å². The van der Waals surface area contributed by atoms with Gasteiger partial charge in [-0.1, -0.05) is 17.7 Å². The summed E-state index contributed by atoms with van der Waals surface area (Å²) in [5.74, 6) is -0.657. The van der Waals surface area contributed by atoms with Crippen LogP contribution in [0.5, 0.6) is 0 Å². The second-order valence-corrected chi connectivity index (χ2v) is 5.12. The molecule has 5 heteroatoms. The Morgan fingerprint density at radius 2 is 2.10 bits per heavy atom. The van der Waals surface area contributed by atoms with Crippen molar-refractivity contribution in [2.45, 2.75) is 13.8 Å². The first kappa shape index (κ1) is 14.3. The monoisotopic (exact) mass is 289 g/mol. The Labute approximate surface area is 121 Å². The van der Waals surface area contributed by atoms with Gasteiger partial charge in [-0.15, -0.1) is 11.3 Å². The highest BCUT2D eigenvalue weighted by Gasteiger charge is 2.16. The van der Waals surface area contributed by atoms with Crippen molar-refractivity contribution in [3.63, 3.8) is 0 Å². The van der Waals surface area contributed by atoms with Crippen molar-refractivity contribution in [2.75, 3.05) is 11.9 Å². The molecule has 0 atom stereocenters. The highest BCUT2D eigenvalue weighted by atomic mass is 32.1. The van der Waals surface area contributed by atoms with Gasteiger partial charge in [0.05, 0.1) is 12.2 Å². The number of rotatable bonds is 4. The first-order valence-electron chi connectivity index (χ1n) is 6.24. The molecule has 0 fully saturated rings. The molecule has 104 valence electrons. The summed E-state index contributed by atoms with van der Waals surface area (Å²) in [7, 11) is 0. The molecule has 0 saturated carbocycles. The Bertz CT molecular complexity index is 634. The molecule has 0 bridgehead atoms. The SMILES string of the molecule is CCOC(=O)c1ccsc1NC(=O)c1cccc(C)c1. The van der Waals surface area contributed by atoms with Gasteiger partial charge in [-0.05, 0) is 37.4 Å². The van der Waals surface area contributed by atoms with Crippen molar-refractivity contribution >= 4 is 28.2 Å². The lowest BCUT2D eigenvalue weighted by Gasteiger charge is -2.06. The van der Waals surface area contributed by atoms with Crippen molar-refractivity contribution in [1.29, 1.82) is 0 Å². The number of esters is 1. The molecule has 0 spiro atoms. The molecular weight excluding hydrogens is 274 g/mol. The van der Waals surface area contributed by atoms with E-state index in [1.54, 1.807) is 30.5 Å². The third-order valence-electron chi connectivity index (χ3n) is 2.67. The number of carbonyl (C=O) groups excluding carboxylic acids is 2. The Hall–Kier alpha value is -2.14. The summed E-state index contributed by atoms with van der Waals surface area (Å²) >= 11 is 1.30. The van der Waals surface area contributed by atoms with E-state index in [9.17, 15) is 9.59 Å². The summed E-state index contributed by atoms with van der Waals surface area (Å²) in [6, 6.07) is 8.93. The average molecular weight is 289 g/mol. The van der Waals surface area contributed by atoms with Crippen LogP contribution in [-0.4, -0.2) is 18.5 Å². The lowest BCUT2D eigenvalue weighted by atomic mass is 10.1. The van der Waals surface area contributed by atoms with E-state index in [0.717, 1.165) is 5.56 Å². The van der Waals surface area contributed by atoms with Gasteiger partial charge in [-0.3, -0.25) is 4.79 Å². The molecule has 20 heavy (non-hydrogen) atoms. The zero-order chi connectivity index (χ0) is 14.5. The number of amides is 1. The minimum absolute atomic E-state index is 0.235. The highest BCUT2D eigenvalue weighted by molar-refractivity contribution is 7.14. The van der Waals surface area contributed by atoms with Gasteiger partial charge in [0.15, 0.2) is 0 Å². The van der Waals surface area contributed by atoms with Crippen LogP contribution < -0.4 is 5.32 Å². The van der Waals surface area contributed by atoms with Gasteiger partial charge < -0.3 is 10.1 Å². The molecule has 0 unspecified atom stereocenters. The van der Waals surface area contributed by atoms with Crippen molar-refractivity contribution in [2.24, 2.45) is 0 Å². The second kappa shape index (κ2) is 6.34. The van der Waals surface area contributed by atoms with Crippen LogP contribution in [0.1, 0.15) is 33.2 Å². The third-order valence-corrected chi connectivity index (χ3v) is 3.50. The van der Waals surface area contributed by atoms with E-state index in [-0.39, 0.29) is 5.91 Å². The van der Waals surface area contributed by atoms with Crippen LogP contribution in [0.25, 0.3) is 0 Å². The molecule has 1 aromatic heterocycles. The summed E-state index contributed by atoms with van der Waals surface area (Å²) in [4.78, 5) is 23.9. The number of hydrogen-bond donors (Lipinski definition) is 1. The second-order valence-electron chi connectivity index (χ2n) is 4.21. The van der Waals surface area contributed by atoms with Gasteiger partial charge in [0.2, 0.25) is 0 Å². The van der Waals surface area contributed by atoms with E-state index in [4.69, 9.17) is 4.74 Å². The number of nitrogens with one attached hydrogen (secondary N) is 1. The molecule has 2 aromatic rings. The smallest absolute Gasteiger partial charge is 0.341 e. The number of carbonyl (C=O) groups is 2. The molecule has 2 rings (SSSR count). The lowest BCUT2D eigenvalue weighted by Crippen LogP contribution is -2.14. The normalized spacial score (nSPS) is 10.1. The van der Waals surface area contributed by atoms with Gasteiger partial charge in [0, 0.05) is 5.56 Å². The van der Waals surface area contributed by atoms with Crippen molar-refractivity contribution in [3.8, 4) is 0 Å². The maximum absolute atomic E-state index is 12.1. The summed E-state index contributed by atoms with van der Waals surface area (Å²) < 4.78 is 4.95. The summed E-state index contributed by atoms with van der Waals surface area (Å²) in [6.07, 6.45) is 0. The van der Waals surface area contributed by atoms with E-state index in [2.05, 4.69) is 5.32 Å². The zero-order valence-electron chi connectivity index (χ0n) is 11.3. The summed E-state index contributed by atoms with van der Waals surface area (Å²) in [5, 5.41) is 5.01. The van der Waals surface area contributed by atoms with Crippen molar-refractivity contribution < 1.29 is 14.3 Å². The maximum atomic E-state index is 12.1. The third kappa shape index (κ3) is 3.24. The predicted octanol–water partition coefficient (Wildman–Crippen LogP) is 3.49. The van der Waals surface area contributed by atoms with Gasteiger partial charge in [-0.2, -0.15) is 0 Å². The molecule has 1 amide bonds. The van der Waals surface area contributed by atoms with Gasteiger partial charge in [-0.25, -0.2) is 4.79 Å². The molecule has 1 N–H and O–H groups in total. The fraction of sp³-hybridized carbons (Fsp3) is 0.200. The Morgan fingerprint density at radius 1 is 1.30 bits per heavy atom. The van der Waals surface area contributed by atoms with Crippen molar-refractivity contribution in [3.05, 3.63) is 52.4 Å². The minimum atomic E-state index is -0.423. The predicted molar refractivity (Wildman–Crippen MR) is 79.4 cm³/mol. The lowest BCUT2D eigenvalue weighted by molar-refractivity contribution is 0.0528. The summed E-state index contributed by atoms with van der Waals surface area (Å²) in [6.45, 7) is 3.97. The highest BCUT2D eigenvalue weighted by Crippen LogP contribution is 2.24. The van der Waals surface area contributed by atoms with Crippen LogP contribution in [0.3, 0.4) is 0 Å². The number of benzene rings is 1. The van der Waals surface area contributed by atoms with Gasteiger partial charge in [0.25, 0.3) is 5.91 Å². The quantitative estimate of drug-likeness (QED) is 0.877. The van der Waals surface area contributed by atoms with Gasteiger partial charge in [0.1, 0.15) is 5.00 Å². The molecule has 1 aromatic carbocycles. The van der Waals surface area contributed by atoms with E-state index in [1.807, 2.05) is 19.1 Å². The average Bonchev–Trinajstić information content (AvgIpc) is 2.87. The fourth-order valence-electron chi connectivity index (χ4n) is 1.74. The molecule has 0 aliphatic rings. The van der Waals surface area contributed by atoms with E-state index < -0.39 is 5.97 Å². The van der Waals surface area contributed by atoms with E-state index >= 15 is 0 Å². The minimum Gasteiger partial charge on any atom is -0.462 e. The fourth-order valence-corrected chi connectivity index (χ4v) is 2.51. The molecule has 0 radical (unpaired) electrons. The maximum Gasteiger partial charge on any atom is 0.341 e. The van der Waals surface area contributed by atoms with Crippen LogP contribution in [0.15, 0.2) is 35.7 Å². The van der Waals surface area contributed by atoms with Crippen molar-refractivity contribution in [1.82, 2.24) is 0 Å². The first-order chi connectivity index (χ1) is 9.61. The number of aryl methyl sites for hydroxylation is 1. The molecule has 0 aliphatic carbocycles. The zero-order valence-corrected chi connectivity index (χ0v) is 12.1. The van der Waals surface area contributed by atoms with Crippen LogP contribution in [-0.2, 0) is 4.74 Å². The van der Waals surface area contributed by atoms with Crippen LogP contribution in [0.4, 0.5) is 5.00 Å². The van der Waals surface area contributed by atoms with Crippen LogP contribution in [0, 0.1) is 6.92 Å². The Morgan fingerprint density at radius 3 is 2.80 bits per heavy atom. The van der Waals surface area contributed by atoms with Gasteiger partial charge >= 0.3 is 5.97 Å². The van der Waals surface area contributed by atoms with Crippen LogP contribution in [0.2, 0.25) is 0 Å². The number of anilines is 1. The number of ether oxygens (including phenoxy) is 1. The molecular formula is C15H15NO3S. The number of hydrogen-bond acceptors (Lipinski definition) is 4. The first-order valence-corrected chi connectivity index (χ1v) is 7.12. The van der Waals surface area contributed by atoms with E-state index in [1.165, 1.54) is 11.3 Å². The molecule has 0 aliphatic heterocycles. The summed E-state index contributed by atoms with van der Waals surface area (Å²) in [5.41, 5.74) is 1.96. The molecule has 4 nitrogen and oxygen atoms in total. The standard InChI is InChI=1S/C15H15NO3S/c1-3-19-15(18)12-7-8-20-14(12)16-13(17)11-6-4-5-10(2)9-11/h4-9H,3H2,1-2H3,(H,16,17). The van der Waals surface area contributed by atoms with Crippen LogP contribution >= 0.6 is 11.3 Å². The Balaban J connectivity index is 2.16.